The summed E-state index contributed by atoms with van der Waals surface area (Å²) in [5, 5.41) is 7.15. The van der Waals surface area contributed by atoms with Crippen molar-refractivity contribution < 1.29 is 9.63 Å². The second-order valence-electron chi connectivity index (χ2n) is 6.01. The van der Waals surface area contributed by atoms with Crippen LogP contribution >= 0.6 is 11.6 Å². The lowest BCUT2D eigenvalue weighted by Crippen LogP contribution is -2.13. The molecular formula is C22H20ClN3O2. The largest absolute Gasteiger partial charge is 0.396 e. The van der Waals surface area contributed by atoms with E-state index < -0.39 is 0 Å². The molecule has 1 aromatic heterocycles. The summed E-state index contributed by atoms with van der Waals surface area (Å²) in [5.74, 6) is -0.304. The third-order valence-corrected chi connectivity index (χ3v) is 4.42. The highest BCUT2D eigenvalue weighted by Crippen LogP contribution is 2.29. The number of anilines is 1. The van der Waals surface area contributed by atoms with Crippen LogP contribution < -0.4 is 5.32 Å². The third-order valence-electron chi connectivity index (χ3n) is 4.12. The van der Waals surface area contributed by atoms with Gasteiger partial charge in [-0.25, -0.2) is 4.98 Å². The molecule has 0 radical (unpaired) electrons. The van der Waals surface area contributed by atoms with Crippen LogP contribution in [0.3, 0.4) is 0 Å². The van der Waals surface area contributed by atoms with Crippen molar-refractivity contribution in [1.29, 1.82) is 0 Å². The van der Waals surface area contributed by atoms with Gasteiger partial charge < -0.3 is 10.2 Å². The highest BCUT2D eigenvalue weighted by Gasteiger charge is 2.13. The lowest BCUT2D eigenvalue weighted by atomic mass is 10.0. The van der Waals surface area contributed by atoms with Gasteiger partial charge in [0.25, 0.3) is 5.91 Å². The van der Waals surface area contributed by atoms with Crippen LogP contribution in [0.2, 0.25) is 5.15 Å². The van der Waals surface area contributed by atoms with Crippen molar-refractivity contribution in [2.24, 2.45) is 5.16 Å². The van der Waals surface area contributed by atoms with Crippen LogP contribution in [-0.2, 0) is 4.84 Å². The Labute approximate surface area is 169 Å². The smallest absolute Gasteiger partial charge is 0.258 e. The van der Waals surface area contributed by atoms with Gasteiger partial charge in [0.1, 0.15) is 11.8 Å². The molecule has 1 amide bonds. The van der Waals surface area contributed by atoms with Gasteiger partial charge in [-0.05, 0) is 43.2 Å². The van der Waals surface area contributed by atoms with E-state index >= 15 is 0 Å². The molecule has 1 N–H and O–H groups in total. The molecule has 0 aliphatic carbocycles. The van der Waals surface area contributed by atoms with E-state index in [9.17, 15) is 4.79 Å². The SMILES string of the molecule is CCO/N=C(\C)c1ccc(-c2ccccc2NC(=O)c2cccnc2Cl)cc1. The quantitative estimate of drug-likeness (QED) is 0.345. The standard InChI is InChI=1S/C22H20ClN3O2/c1-3-28-26-15(2)16-10-12-17(13-11-16)18-7-4-5-9-20(18)25-22(27)19-8-6-14-24-21(19)23/h4-14H,3H2,1-2H3,(H,25,27)/b26-15+. The molecule has 3 aromatic rings. The number of amides is 1. The highest BCUT2D eigenvalue weighted by molar-refractivity contribution is 6.33. The minimum Gasteiger partial charge on any atom is -0.396 e. The number of halogens is 1. The van der Waals surface area contributed by atoms with Crippen molar-refractivity contribution in [3.05, 3.63) is 83.1 Å². The molecule has 0 spiro atoms. The van der Waals surface area contributed by atoms with Crippen LogP contribution in [0.1, 0.15) is 29.8 Å². The molecule has 2 aromatic carbocycles. The Kier molecular flexibility index (Phi) is 6.40. The molecule has 0 fully saturated rings. The van der Waals surface area contributed by atoms with Crippen molar-refractivity contribution in [2.75, 3.05) is 11.9 Å². The first kappa shape index (κ1) is 19.6. The van der Waals surface area contributed by atoms with E-state index in [0.717, 1.165) is 22.4 Å². The third kappa shape index (κ3) is 4.56. The molecule has 0 atom stereocenters. The van der Waals surface area contributed by atoms with Crippen molar-refractivity contribution in [1.82, 2.24) is 4.98 Å². The van der Waals surface area contributed by atoms with Crippen LogP contribution in [0.5, 0.6) is 0 Å². The van der Waals surface area contributed by atoms with E-state index in [1.54, 1.807) is 18.3 Å². The normalized spacial score (nSPS) is 11.2. The minimum absolute atomic E-state index is 0.172. The van der Waals surface area contributed by atoms with E-state index in [4.69, 9.17) is 16.4 Å². The first-order valence-electron chi connectivity index (χ1n) is 8.88. The van der Waals surface area contributed by atoms with Crippen molar-refractivity contribution >= 4 is 28.9 Å². The molecule has 28 heavy (non-hydrogen) atoms. The molecule has 0 aliphatic heterocycles. The number of oxime groups is 1. The van der Waals surface area contributed by atoms with Gasteiger partial charge in [-0.1, -0.05) is 59.2 Å². The molecule has 0 bridgehead atoms. The number of pyridine rings is 1. The first-order valence-corrected chi connectivity index (χ1v) is 9.26. The van der Waals surface area contributed by atoms with Crippen LogP contribution in [0, 0.1) is 0 Å². The summed E-state index contributed by atoms with van der Waals surface area (Å²) in [4.78, 5) is 21.7. The summed E-state index contributed by atoms with van der Waals surface area (Å²) >= 11 is 6.03. The average molecular weight is 394 g/mol. The molecule has 0 saturated carbocycles. The Hall–Kier alpha value is -3.18. The fourth-order valence-electron chi connectivity index (χ4n) is 2.69. The maximum absolute atomic E-state index is 12.6. The second kappa shape index (κ2) is 9.15. The number of hydrogen-bond acceptors (Lipinski definition) is 4. The van der Waals surface area contributed by atoms with Gasteiger partial charge in [-0.3, -0.25) is 4.79 Å². The summed E-state index contributed by atoms with van der Waals surface area (Å²) < 4.78 is 0. The molecule has 1 heterocycles. The fourth-order valence-corrected chi connectivity index (χ4v) is 2.90. The fraction of sp³-hybridized carbons (Fsp3) is 0.136. The summed E-state index contributed by atoms with van der Waals surface area (Å²) in [6, 6.07) is 18.9. The van der Waals surface area contributed by atoms with Crippen LogP contribution in [0.4, 0.5) is 5.69 Å². The summed E-state index contributed by atoms with van der Waals surface area (Å²) in [6.07, 6.45) is 1.55. The number of aromatic nitrogens is 1. The molecule has 0 aliphatic rings. The highest BCUT2D eigenvalue weighted by atomic mass is 35.5. The number of para-hydroxylation sites is 1. The Morgan fingerprint density at radius 1 is 1.11 bits per heavy atom. The van der Waals surface area contributed by atoms with Crippen LogP contribution in [-0.4, -0.2) is 23.2 Å². The molecule has 6 heteroatoms. The summed E-state index contributed by atoms with van der Waals surface area (Å²) in [7, 11) is 0. The van der Waals surface area contributed by atoms with E-state index in [1.807, 2.05) is 62.4 Å². The predicted molar refractivity (Wildman–Crippen MR) is 113 cm³/mol. The summed E-state index contributed by atoms with van der Waals surface area (Å²) in [5.41, 5.74) is 4.68. The van der Waals surface area contributed by atoms with Crippen LogP contribution in [0.25, 0.3) is 11.1 Å². The average Bonchev–Trinajstić information content (AvgIpc) is 2.73. The molecule has 5 nitrogen and oxygen atoms in total. The lowest BCUT2D eigenvalue weighted by Gasteiger charge is -2.12. The maximum Gasteiger partial charge on any atom is 0.258 e. The molecule has 0 unspecified atom stereocenters. The zero-order chi connectivity index (χ0) is 19.9. The molecular weight excluding hydrogens is 374 g/mol. The number of carbonyl (C=O) groups is 1. The lowest BCUT2D eigenvalue weighted by molar-refractivity contribution is 0.102. The van der Waals surface area contributed by atoms with E-state index in [1.165, 1.54) is 0 Å². The first-order chi connectivity index (χ1) is 13.6. The van der Waals surface area contributed by atoms with E-state index in [2.05, 4.69) is 15.5 Å². The number of nitrogens with zero attached hydrogens (tertiary/aromatic N) is 2. The van der Waals surface area contributed by atoms with E-state index in [-0.39, 0.29) is 11.1 Å². The van der Waals surface area contributed by atoms with Gasteiger partial charge in [0, 0.05) is 17.4 Å². The number of rotatable bonds is 6. The van der Waals surface area contributed by atoms with E-state index in [0.29, 0.717) is 17.9 Å². The van der Waals surface area contributed by atoms with Gasteiger partial charge in [0.15, 0.2) is 0 Å². The Morgan fingerprint density at radius 3 is 2.57 bits per heavy atom. The van der Waals surface area contributed by atoms with Gasteiger partial charge in [-0.15, -0.1) is 0 Å². The van der Waals surface area contributed by atoms with Crippen molar-refractivity contribution in [2.45, 2.75) is 13.8 Å². The second-order valence-corrected chi connectivity index (χ2v) is 6.37. The van der Waals surface area contributed by atoms with Crippen molar-refractivity contribution in [3.63, 3.8) is 0 Å². The van der Waals surface area contributed by atoms with Gasteiger partial charge in [0.05, 0.1) is 11.3 Å². The molecule has 3 rings (SSSR count). The topological polar surface area (TPSA) is 63.6 Å². The Morgan fingerprint density at radius 2 is 1.86 bits per heavy atom. The maximum atomic E-state index is 12.6. The zero-order valence-corrected chi connectivity index (χ0v) is 16.4. The predicted octanol–water partition coefficient (Wildman–Crippen LogP) is 5.41. The monoisotopic (exact) mass is 393 g/mol. The summed E-state index contributed by atoms with van der Waals surface area (Å²) in [6.45, 7) is 4.32. The number of nitrogens with one attached hydrogen (secondary N) is 1. The number of benzene rings is 2. The molecule has 142 valence electrons. The number of carbonyl (C=O) groups excluding carboxylic acids is 1. The minimum atomic E-state index is -0.304. The Balaban J connectivity index is 1.86. The van der Waals surface area contributed by atoms with Crippen molar-refractivity contribution in [3.8, 4) is 11.1 Å². The van der Waals surface area contributed by atoms with Gasteiger partial charge in [-0.2, -0.15) is 0 Å². The number of hydrogen-bond donors (Lipinski definition) is 1. The van der Waals surface area contributed by atoms with Gasteiger partial charge in [0.2, 0.25) is 0 Å². The zero-order valence-electron chi connectivity index (χ0n) is 15.6. The van der Waals surface area contributed by atoms with Gasteiger partial charge >= 0.3 is 0 Å². The molecule has 0 saturated heterocycles. The Bertz CT molecular complexity index is 1000. The van der Waals surface area contributed by atoms with Crippen LogP contribution in [0.15, 0.2) is 72.0 Å².